The fraction of sp³-hybridized carbons (Fsp3) is 0.360. The van der Waals surface area contributed by atoms with E-state index in [9.17, 15) is 10.1 Å². The van der Waals surface area contributed by atoms with E-state index < -0.39 is 0 Å². The van der Waals surface area contributed by atoms with Crippen molar-refractivity contribution in [2.24, 2.45) is 11.1 Å². The molecule has 1 unspecified atom stereocenters. The highest BCUT2D eigenvalue weighted by Gasteiger charge is 2.45. The molecule has 0 saturated carbocycles. The molecule has 2 aliphatic rings. The zero-order chi connectivity index (χ0) is 21.6. The van der Waals surface area contributed by atoms with Crippen LogP contribution >= 0.6 is 11.3 Å². The first-order valence-corrected chi connectivity index (χ1v) is 11.2. The lowest BCUT2D eigenvalue weighted by atomic mass is 9.69. The van der Waals surface area contributed by atoms with Gasteiger partial charge in [-0.2, -0.15) is 5.26 Å². The lowest BCUT2D eigenvalue weighted by molar-refractivity contribution is -0.118. The van der Waals surface area contributed by atoms with Crippen LogP contribution < -0.4 is 10.6 Å². The van der Waals surface area contributed by atoms with Gasteiger partial charge in [-0.15, -0.1) is 11.3 Å². The van der Waals surface area contributed by atoms with Crippen molar-refractivity contribution in [3.8, 4) is 6.07 Å². The average Bonchev–Trinajstić information content (AvgIpc) is 3.15. The largest absolute Gasteiger partial charge is 0.384 e. The second kappa shape index (κ2) is 7.45. The van der Waals surface area contributed by atoms with Gasteiger partial charge in [0.2, 0.25) is 0 Å². The summed E-state index contributed by atoms with van der Waals surface area (Å²) in [4.78, 5) is 17.7. The number of nitrogens with zero attached hydrogens (tertiary/aromatic N) is 2. The van der Waals surface area contributed by atoms with Crippen LogP contribution in [0.2, 0.25) is 0 Å². The summed E-state index contributed by atoms with van der Waals surface area (Å²) >= 11 is 1.67. The van der Waals surface area contributed by atoms with Crippen LogP contribution in [-0.4, -0.2) is 5.78 Å². The van der Waals surface area contributed by atoms with Gasteiger partial charge in [0.25, 0.3) is 0 Å². The van der Waals surface area contributed by atoms with Gasteiger partial charge in [-0.1, -0.05) is 32.9 Å². The van der Waals surface area contributed by atoms with Crippen molar-refractivity contribution in [3.63, 3.8) is 0 Å². The van der Waals surface area contributed by atoms with Crippen molar-refractivity contribution < 1.29 is 4.79 Å². The summed E-state index contributed by atoms with van der Waals surface area (Å²) in [5, 5.41) is 10.1. The molecule has 30 heavy (non-hydrogen) atoms. The molecular weight excluding hydrogens is 390 g/mol. The summed E-state index contributed by atoms with van der Waals surface area (Å²) in [7, 11) is 0. The topological polar surface area (TPSA) is 70.1 Å². The van der Waals surface area contributed by atoms with Crippen LogP contribution in [-0.2, 0) is 11.2 Å². The first-order chi connectivity index (χ1) is 14.3. The lowest BCUT2D eigenvalue weighted by Crippen LogP contribution is -2.42. The summed E-state index contributed by atoms with van der Waals surface area (Å²) < 4.78 is 0. The molecule has 1 aliphatic heterocycles. The number of anilines is 1. The number of allylic oxidation sites excluding steroid dienone is 3. The van der Waals surface area contributed by atoms with E-state index in [-0.39, 0.29) is 17.1 Å². The standard InChI is InChI=1S/C25H27N3OS/c1-5-17-9-10-21(30-17)22-18(14-26)24(27)28(16-8-6-7-15(2)11-16)19-12-25(3,4)13-20(29)23(19)22/h6-11,22H,5,12-13,27H2,1-4H3. The van der Waals surface area contributed by atoms with E-state index in [0.717, 1.165) is 40.2 Å². The minimum atomic E-state index is -0.375. The van der Waals surface area contributed by atoms with Gasteiger partial charge in [0, 0.05) is 33.1 Å². The van der Waals surface area contributed by atoms with Crippen LogP contribution in [0.25, 0.3) is 0 Å². The van der Waals surface area contributed by atoms with Gasteiger partial charge in [-0.05, 0) is 55.0 Å². The highest BCUT2D eigenvalue weighted by Crippen LogP contribution is 2.51. The van der Waals surface area contributed by atoms with E-state index in [1.807, 2.05) is 30.0 Å². The van der Waals surface area contributed by atoms with E-state index in [4.69, 9.17) is 5.73 Å². The number of carbonyl (C=O) groups excluding carboxylic acids is 1. The minimum Gasteiger partial charge on any atom is -0.384 e. The normalized spacial score (nSPS) is 21.0. The molecule has 154 valence electrons. The maximum atomic E-state index is 13.5. The van der Waals surface area contributed by atoms with Crippen LogP contribution in [0.4, 0.5) is 5.69 Å². The van der Waals surface area contributed by atoms with Gasteiger partial charge in [0.05, 0.1) is 17.6 Å². The summed E-state index contributed by atoms with van der Waals surface area (Å²) in [6.07, 6.45) is 2.15. The fourth-order valence-electron chi connectivity index (χ4n) is 4.59. The van der Waals surface area contributed by atoms with E-state index in [0.29, 0.717) is 17.8 Å². The monoisotopic (exact) mass is 417 g/mol. The van der Waals surface area contributed by atoms with Gasteiger partial charge >= 0.3 is 0 Å². The zero-order valence-corrected chi connectivity index (χ0v) is 18.8. The molecule has 1 aromatic carbocycles. The molecule has 0 radical (unpaired) electrons. The Morgan fingerprint density at radius 2 is 2.03 bits per heavy atom. The number of benzene rings is 1. The average molecular weight is 418 g/mol. The predicted octanol–water partition coefficient (Wildman–Crippen LogP) is 5.56. The Morgan fingerprint density at radius 1 is 1.27 bits per heavy atom. The Balaban J connectivity index is 1.99. The Hall–Kier alpha value is -2.84. The zero-order valence-electron chi connectivity index (χ0n) is 18.0. The second-order valence-electron chi connectivity index (χ2n) is 8.98. The van der Waals surface area contributed by atoms with Crippen LogP contribution in [0, 0.1) is 23.7 Å². The van der Waals surface area contributed by atoms with Crippen molar-refractivity contribution in [3.05, 3.63) is 74.4 Å². The first kappa shape index (κ1) is 20.4. The Bertz CT molecular complexity index is 1130. The maximum Gasteiger partial charge on any atom is 0.162 e. The third-order valence-corrected chi connectivity index (χ3v) is 7.25. The highest BCUT2D eigenvalue weighted by molar-refractivity contribution is 7.12. The smallest absolute Gasteiger partial charge is 0.162 e. The molecule has 4 nitrogen and oxygen atoms in total. The van der Waals surface area contributed by atoms with Crippen LogP contribution in [0.5, 0.6) is 0 Å². The summed E-state index contributed by atoms with van der Waals surface area (Å²) in [5.74, 6) is 0.180. The fourth-order valence-corrected chi connectivity index (χ4v) is 5.67. The maximum absolute atomic E-state index is 13.5. The number of aryl methyl sites for hydroxylation is 2. The number of rotatable bonds is 3. The van der Waals surface area contributed by atoms with Crippen LogP contribution in [0.15, 0.2) is 59.1 Å². The quantitative estimate of drug-likeness (QED) is 0.710. The van der Waals surface area contributed by atoms with Crippen molar-refractivity contribution >= 4 is 22.8 Å². The molecule has 2 aromatic rings. The van der Waals surface area contributed by atoms with Crippen molar-refractivity contribution in [2.75, 3.05) is 4.90 Å². The Kier molecular flexibility index (Phi) is 5.07. The molecule has 0 bridgehead atoms. The first-order valence-electron chi connectivity index (χ1n) is 10.4. The molecule has 4 rings (SSSR count). The molecule has 2 N–H and O–H groups in total. The molecule has 0 saturated heterocycles. The number of nitrogens with two attached hydrogens (primary N) is 1. The number of nitriles is 1. The second-order valence-corrected chi connectivity index (χ2v) is 10.2. The summed E-state index contributed by atoms with van der Waals surface area (Å²) in [6, 6.07) is 14.6. The number of hydrogen-bond acceptors (Lipinski definition) is 5. The van der Waals surface area contributed by atoms with E-state index in [1.165, 1.54) is 4.88 Å². The van der Waals surface area contributed by atoms with E-state index >= 15 is 0 Å². The molecular formula is C25H27N3OS. The Morgan fingerprint density at radius 3 is 2.67 bits per heavy atom. The minimum absolute atomic E-state index is 0.121. The highest BCUT2D eigenvalue weighted by atomic mass is 32.1. The van der Waals surface area contributed by atoms with E-state index in [2.05, 4.69) is 45.0 Å². The number of thiophene rings is 1. The van der Waals surface area contributed by atoms with Crippen molar-refractivity contribution in [2.45, 2.75) is 52.9 Å². The summed E-state index contributed by atoms with van der Waals surface area (Å²) in [6.45, 7) is 8.39. The number of Topliss-reactive ketones (excluding diaryl/α,β-unsaturated/α-hetero) is 1. The van der Waals surface area contributed by atoms with E-state index in [1.54, 1.807) is 11.3 Å². The molecule has 1 aromatic heterocycles. The third kappa shape index (κ3) is 3.36. The molecule has 0 amide bonds. The van der Waals surface area contributed by atoms with Gasteiger partial charge < -0.3 is 5.73 Å². The molecule has 0 spiro atoms. The van der Waals surface area contributed by atoms with Gasteiger partial charge in [-0.25, -0.2) is 0 Å². The Labute approximate surface area is 182 Å². The number of ketones is 1. The van der Waals surface area contributed by atoms with Gasteiger partial charge in [0.15, 0.2) is 5.78 Å². The van der Waals surface area contributed by atoms with Gasteiger partial charge in [0.1, 0.15) is 5.82 Å². The molecule has 1 atom stereocenters. The van der Waals surface area contributed by atoms with Crippen molar-refractivity contribution in [1.82, 2.24) is 0 Å². The lowest BCUT2D eigenvalue weighted by Gasteiger charge is -2.43. The number of hydrogen-bond donors (Lipinski definition) is 1. The van der Waals surface area contributed by atoms with Crippen molar-refractivity contribution in [1.29, 1.82) is 5.26 Å². The van der Waals surface area contributed by atoms with Gasteiger partial charge in [-0.3, -0.25) is 9.69 Å². The predicted molar refractivity (Wildman–Crippen MR) is 122 cm³/mol. The molecule has 2 heterocycles. The van der Waals surface area contributed by atoms with Crippen LogP contribution in [0.1, 0.15) is 54.8 Å². The molecule has 0 fully saturated rings. The third-order valence-electron chi connectivity index (χ3n) is 5.96. The summed E-state index contributed by atoms with van der Waals surface area (Å²) in [5.41, 5.74) is 10.7. The number of carbonyl (C=O) groups is 1. The van der Waals surface area contributed by atoms with Crippen LogP contribution in [0.3, 0.4) is 0 Å². The SMILES string of the molecule is CCc1ccc(C2C(C#N)=C(N)N(c3cccc(C)c3)C3=C2C(=O)CC(C)(C)C3)s1. The molecule has 5 heteroatoms. The molecule has 1 aliphatic carbocycles.